The molecule has 0 bridgehead atoms. The first-order valence-electron chi connectivity index (χ1n) is 15.3. The Morgan fingerprint density at radius 1 is 0.778 bits per heavy atom. The quantitative estimate of drug-likeness (QED) is 0.278. The zero-order chi connectivity index (χ0) is 32.0. The normalized spacial score (nSPS) is 15.6. The number of carboxylic acid groups (broad SMARTS) is 2. The summed E-state index contributed by atoms with van der Waals surface area (Å²) >= 11 is 0. The van der Waals surface area contributed by atoms with Crippen LogP contribution in [0.1, 0.15) is 85.0 Å². The van der Waals surface area contributed by atoms with Gasteiger partial charge in [-0.1, -0.05) is 52.4 Å². The maximum atomic E-state index is 13.9. The Morgan fingerprint density at radius 2 is 1.22 bits per heavy atom. The second-order valence-corrected chi connectivity index (χ2v) is 13.0. The minimum atomic E-state index is -3.90. The van der Waals surface area contributed by atoms with Crippen molar-refractivity contribution in [1.29, 1.82) is 0 Å². The van der Waals surface area contributed by atoms with Crippen molar-refractivity contribution in [1.82, 2.24) is 14.1 Å². The summed E-state index contributed by atoms with van der Waals surface area (Å²) in [5, 5.41) is 17.5. The number of aliphatic carboxylic acids is 2. The highest BCUT2D eigenvalue weighted by Crippen LogP contribution is 2.31. The number of carbonyl (C=O) groups is 4. The van der Waals surface area contributed by atoms with Gasteiger partial charge in [-0.15, -0.1) is 0 Å². The van der Waals surface area contributed by atoms with Crippen LogP contribution in [0.25, 0.3) is 0 Å². The molecule has 0 atom stereocenters. The van der Waals surface area contributed by atoms with Crippen molar-refractivity contribution in [3.63, 3.8) is 0 Å². The minimum Gasteiger partial charge on any atom is -0.473 e. The summed E-state index contributed by atoms with van der Waals surface area (Å²) in [5.41, 5.74) is 0.540. The number of nitrogens with one attached hydrogen (secondary N) is 1. The molecule has 3 rings (SSSR count). The monoisotopic (exact) mass is 660 g/mol. The Balaban J connectivity index is 0.00000220. The topological polar surface area (TPSA) is 228 Å². The lowest BCUT2D eigenvalue weighted by molar-refractivity contribution is -0.159. The van der Waals surface area contributed by atoms with E-state index in [4.69, 9.17) is 19.8 Å². The maximum absolute atomic E-state index is 13.9. The third kappa shape index (κ3) is 13.4. The van der Waals surface area contributed by atoms with Crippen LogP contribution in [0.3, 0.4) is 0 Å². The highest BCUT2D eigenvalue weighted by Gasteiger charge is 2.35. The summed E-state index contributed by atoms with van der Waals surface area (Å²) in [7, 11) is -3.90. The van der Waals surface area contributed by atoms with Crippen molar-refractivity contribution < 1.29 is 48.8 Å². The van der Waals surface area contributed by atoms with Crippen molar-refractivity contribution in [3.05, 3.63) is 24.3 Å². The molecule has 0 aromatic heterocycles. The van der Waals surface area contributed by atoms with Crippen molar-refractivity contribution in [2.75, 3.05) is 38.0 Å². The summed E-state index contributed by atoms with van der Waals surface area (Å²) in [6, 6.07) is 6.64. The molecule has 0 heterocycles. The van der Waals surface area contributed by atoms with Crippen LogP contribution >= 0.6 is 0 Å². The standard InChI is InChI=1S/C28H46N4O4S.C2H2O4.2H2O/c1-4-30(5-2)20-21-31(37(35,36)27-18-16-24(17-19-27)29-23(3)33)22-28(34)32(25-12-8-6-9-13-25)26-14-10-7-11-15-26;3-1(4)2(5)6;;/h16-19,25-26H,4-15,20-22H2,1-3H3,(H,29,33);(H,3,4)(H,5,6);2*1H2. The number of nitrogens with zero attached hydrogens (tertiary/aromatic N) is 3. The second kappa shape index (κ2) is 20.8. The molecule has 0 radical (unpaired) electrons. The number of amides is 2. The van der Waals surface area contributed by atoms with Crippen molar-refractivity contribution in [2.45, 2.75) is 102 Å². The molecule has 0 aliphatic heterocycles. The smallest absolute Gasteiger partial charge is 0.414 e. The third-order valence-corrected chi connectivity index (χ3v) is 9.95. The zero-order valence-electron chi connectivity index (χ0n) is 26.7. The number of anilines is 1. The number of rotatable bonds is 12. The van der Waals surface area contributed by atoms with Gasteiger partial charge in [-0.25, -0.2) is 18.0 Å². The van der Waals surface area contributed by atoms with Gasteiger partial charge in [-0.05, 0) is 63.0 Å². The van der Waals surface area contributed by atoms with Gasteiger partial charge >= 0.3 is 11.9 Å². The number of sulfonamides is 1. The van der Waals surface area contributed by atoms with Crippen LogP contribution in [-0.4, -0.2) is 112 Å². The van der Waals surface area contributed by atoms with E-state index in [-0.39, 0.29) is 52.8 Å². The van der Waals surface area contributed by atoms with Crippen molar-refractivity contribution >= 4 is 39.5 Å². The van der Waals surface area contributed by atoms with Crippen LogP contribution in [0.5, 0.6) is 0 Å². The van der Waals surface area contributed by atoms with Crippen LogP contribution in [0.15, 0.2) is 29.2 Å². The van der Waals surface area contributed by atoms with E-state index in [1.54, 1.807) is 12.1 Å². The van der Waals surface area contributed by atoms with Crippen molar-refractivity contribution in [2.24, 2.45) is 0 Å². The largest absolute Gasteiger partial charge is 0.473 e. The first-order chi connectivity index (χ1) is 20.4. The van der Waals surface area contributed by atoms with E-state index in [0.717, 1.165) is 64.5 Å². The fraction of sp³-hybridized carbons (Fsp3) is 0.667. The molecular weight excluding hydrogens is 608 g/mol. The van der Waals surface area contributed by atoms with Gasteiger partial charge in [0.2, 0.25) is 21.8 Å². The van der Waals surface area contributed by atoms with E-state index in [2.05, 4.69) is 29.0 Å². The lowest BCUT2D eigenvalue weighted by Gasteiger charge is -2.42. The van der Waals surface area contributed by atoms with E-state index in [0.29, 0.717) is 12.2 Å². The van der Waals surface area contributed by atoms with Gasteiger partial charge in [-0.3, -0.25) is 9.59 Å². The van der Waals surface area contributed by atoms with E-state index in [9.17, 15) is 18.0 Å². The van der Waals surface area contributed by atoms with Gasteiger partial charge in [0.25, 0.3) is 0 Å². The molecule has 258 valence electrons. The van der Waals surface area contributed by atoms with Gasteiger partial charge in [-0.2, -0.15) is 4.31 Å². The number of benzene rings is 1. The summed E-state index contributed by atoms with van der Waals surface area (Å²) in [6.45, 7) is 7.85. The maximum Gasteiger partial charge on any atom is 0.414 e. The van der Waals surface area contributed by atoms with E-state index >= 15 is 0 Å². The van der Waals surface area contributed by atoms with Crippen LogP contribution in [0, 0.1) is 0 Å². The molecule has 7 N–H and O–H groups in total. The molecule has 45 heavy (non-hydrogen) atoms. The summed E-state index contributed by atoms with van der Waals surface area (Å²) in [4.78, 5) is 47.9. The predicted molar refractivity (Wildman–Crippen MR) is 170 cm³/mol. The molecule has 2 aliphatic carbocycles. The minimum absolute atomic E-state index is 0. The van der Waals surface area contributed by atoms with Gasteiger partial charge in [0, 0.05) is 37.8 Å². The Bertz CT molecular complexity index is 1130. The molecule has 2 amide bonds. The summed E-state index contributed by atoms with van der Waals surface area (Å²) in [6.07, 6.45) is 11.0. The molecule has 0 unspecified atom stereocenters. The van der Waals surface area contributed by atoms with Crippen molar-refractivity contribution in [3.8, 4) is 0 Å². The second-order valence-electron chi connectivity index (χ2n) is 11.1. The Morgan fingerprint density at radius 3 is 1.60 bits per heavy atom. The molecule has 15 heteroatoms. The fourth-order valence-electron chi connectivity index (χ4n) is 5.80. The van der Waals surface area contributed by atoms with Crippen LogP contribution in [0.4, 0.5) is 5.69 Å². The fourth-order valence-corrected chi connectivity index (χ4v) is 7.18. The van der Waals surface area contributed by atoms with Crippen LogP contribution in [0.2, 0.25) is 0 Å². The number of carbonyl (C=O) groups excluding carboxylic acids is 2. The molecule has 0 saturated heterocycles. The number of hydrogen-bond acceptors (Lipinski definition) is 7. The van der Waals surface area contributed by atoms with Gasteiger partial charge in [0.1, 0.15) is 0 Å². The molecule has 2 saturated carbocycles. The molecule has 14 nitrogen and oxygen atoms in total. The molecular formula is C30H52N4O10S. The van der Waals surface area contributed by atoms with E-state index < -0.39 is 22.0 Å². The summed E-state index contributed by atoms with van der Waals surface area (Å²) < 4.78 is 29.0. The Kier molecular flexibility index (Phi) is 19.4. The first-order valence-corrected chi connectivity index (χ1v) is 16.7. The molecule has 0 spiro atoms. The lowest BCUT2D eigenvalue weighted by atomic mass is 9.88. The molecule has 2 fully saturated rings. The van der Waals surface area contributed by atoms with Crippen LogP contribution < -0.4 is 5.32 Å². The Labute approximate surface area is 266 Å². The predicted octanol–water partition coefficient (Wildman–Crippen LogP) is 1.98. The average Bonchev–Trinajstić information content (AvgIpc) is 2.98. The van der Waals surface area contributed by atoms with Gasteiger partial charge in [0.05, 0.1) is 11.4 Å². The van der Waals surface area contributed by atoms with E-state index in [1.807, 2.05) is 0 Å². The van der Waals surface area contributed by atoms with Crippen LogP contribution in [-0.2, 0) is 29.2 Å². The number of carboxylic acids is 2. The summed E-state index contributed by atoms with van der Waals surface area (Å²) in [5.74, 6) is -3.92. The lowest BCUT2D eigenvalue weighted by Crippen LogP contribution is -2.53. The SMILES string of the molecule is CCN(CC)CCN(CC(=O)N(C1CCCCC1)C1CCCCC1)S(=O)(=O)c1ccc(NC(C)=O)cc1.O.O.O=C(O)C(=O)O. The molecule has 1 aromatic carbocycles. The highest BCUT2D eigenvalue weighted by atomic mass is 32.2. The Hall–Kier alpha value is -3.11. The average molecular weight is 661 g/mol. The molecule has 2 aliphatic rings. The zero-order valence-corrected chi connectivity index (χ0v) is 27.5. The van der Waals surface area contributed by atoms with Gasteiger partial charge < -0.3 is 36.3 Å². The first kappa shape index (κ1) is 41.9. The van der Waals surface area contributed by atoms with E-state index in [1.165, 1.54) is 36.2 Å². The van der Waals surface area contributed by atoms with Gasteiger partial charge in [0.15, 0.2) is 0 Å². The number of likely N-dealkylation sites (N-methyl/N-ethyl adjacent to an activating group) is 1. The highest BCUT2D eigenvalue weighted by molar-refractivity contribution is 7.89. The molecule has 1 aromatic rings. The number of hydrogen-bond donors (Lipinski definition) is 3. The third-order valence-electron chi connectivity index (χ3n) is 8.09.